The van der Waals surface area contributed by atoms with E-state index in [2.05, 4.69) is 36.1 Å². The lowest BCUT2D eigenvalue weighted by Gasteiger charge is -2.18. The SMILES string of the molecule is CC=N/C(C)=C(C(=C\CCC)/c1ccc(C(F)(F)F)cc1)\C(N)=C(/C)CC.CO.Cc1noc(-c2ccccc2)c1CSCC1CCC(C)O1. The number of aliphatic hydroxyl groups excluding tert-OH is 1. The highest BCUT2D eigenvalue weighted by atomic mass is 32.2. The Kier molecular flexibility index (Phi) is 18.4. The van der Waals surface area contributed by atoms with Crippen molar-refractivity contribution in [3.8, 4) is 11.3 Å². The molecule has 1 aliphatic rings. The van der Waals surface area contributed by atoms with Gasteiger partial charge in [-0.1, -0.05) is 74.0 Å². The van der Waals surface area contributed by atoms with Gasteiger partial charge in [0.2, 0.25) is 0 Å². The summed E-state index contributed by atoms with van der Waals surface area (Å²) in [6, 6.07) is 15.4. The summed E-state index contributed by atoms with van der Waals surface area (Å²) in [6.45, 7) is 13.9. The van der Waals surface area contributed by atoms with E-state index < -0.39 is 11.7 Å². The van der Waals surface area contributed by atoms with Crippen LogP contribution in [-0.2, 0) is 16.7 Å². The molecule has 0 aliphatic carbocycles. The second kappa shape index (κ2) is 21.6. The van der Waals surface area contributed by atoms with E-state index in [4.69, 9.17) is 20.1 Å². The number of alkyl halides is 3. The van der Waals surface area contributed by atoms with Gasteiger partial charge in [0.15, 0.2) is 5.76 Å². The predicted molar refractivity (Wildman–Crippen MR) is 203 cm³/mol. The molecule has 3 N–H and O–H groups in total. The summed E-state index contributed by atoms with van der Waals surface area (Å²) < 4.78 is 50.2. The number of aliphatic hydroxyl groups is 1. The summed E-state index contributed by atoms with van der Waals surface area (Å²) in [5, 5.41) is 11.1. The molecular weight excluding hydrogens is 660 g/mol. The molecule has 1 aliphatic heterocycles. The third-order valence-electron chi connectivity index (χ3n) is 8.26. The van der Waals surface area contributed by atoms with E-state index in [1.165, 1.54) is 30.5 Å². The van der Waals surface area contributed by atoms with Crippen molar-refractivity contribution in [2.75, 3.05) is 12.9 Å². The van der Waals surface area contributed by atoms with Crippen LogP contribution in [0.1, 0.15) is 96.0 Å². The first-order valence-corrected chi connectivity index (χ1v) is 18.3. The zero-order chi connectivity index (χ0) is 37.3. The van der Waals surface area contributed by atoms with Gasteiger partial charge in [-0.15, -0.1) is 0 Å². The average molecular weight is 714 g/mol. The molecular formula is C40H54F3N3O3S. The third kappa shape index (κ3) is 12.6. The number of nitrogens with zero attached hydrogens (tertiary/aromatic N) is 2. The van der Waals surface area contributed by atoms with E-state index in [1.807, 2.05) is 70.7 Å². The Balaban J connectivity index is 0.000000338. The maximum atomic E-state index is 12.9. The van der Waals surface area contributed by atoms with E-state index in [1.54, 1.807) is 6.21 Å². The molecule has 2 atom stereocenters. The Morgan fingerprint density at radius 3 is 2.26 bits per heavy atom. The molecule has 6 nitrogen and oxygen atoms in total. The summed E-state index contributed by atoms with van der Waals surface area (Å²) in [5.74, 6) is 2.87. The van der Waals surface area contributed by atoms with E-state index in [9.17, 15) is 13.2 Å². The molecule has 1 aromatic heterocycles. The van der Waals surface area contributed by atoms with Crippen LogP contribution in [0.5, 0.6) is 0 Å². The normalized spacial score (nSPS) is 17.4. The lowest BCUT2D eigenvalue weighted by Crippen LogP contribution is -2.11. The van der Waals surface area contributed by atoms with Gasteiger partial charge < -0.3 is 20.1 Å². The summed E-state index contributed by atoms with van der Waals surface area (Å²) in [6.07, 6.45) is 5.06. The van der Waals surface area contributed by atoms with Crippen molar-refractivity contribution in [1.29, 1.82) is 0 Å². The minimum atomic E-state index is -4.36. The van der Waals surface area contributed by atoms with Crippen LogP contribution in [0, 0.1) is 6.92 Å². The third-order valence-corrected chi connectivity index (χ3v) is 9.36. The van der Waals surface area contributed by atoms with Crippen molar-refractivity contribution in [2.45, 2.75) is 105 Å². The Morgan fingerprint density at radius 1 is 1.06 bits per heavy atom. The number of allylic oxidation sites excluding steroid dienone is 4. The minimum absolute atomic E-state index is 0.408. The standard InChI is InChI=1S/C22H29F3N2.C17H21NO2S.CH4O/c1-6-9-10-19(17-11-13-18(14-12-17)22(23,24)25)20(16(5)27-8-3)21(26)15(4)7-2;1-12-8-9-15(19-12)10-21-11-16-13(2)18-20-17(16)14-6-4-3-5-7-14;1-2/h8,10-14H,6-7,9,26H2,1-5H3;3-7,12,15H,8-11H2,1-2H3;2H,1H3/b19-10-,20-16-,21-15-,27-8?;;. The lowest BCUT2D eigenvalue weighted by atomic mass is 9.90. The summed E-state index contributed by atoms with van der Waals surface area (Å²) in [4.78, 5) is 4.39. The van der Waals surface area contributed by atoms with Gasteiger partial charge in [-0.25, -0.2) is 0 Å². The first-order chi connectivity index (χ1) is 23.9. The number of aromatic nitrogens is 1. The maximum Gasteiger partial charge on any atom is 0.416 e. The van der Waals surface area contributed by atoms with Crippen molar-refractivity contribution in [3.63, 3.8) is 0 Å². The number of hydrogen-bond donors (Lipinski definition) is 2. The highest BCUT2D eigenvalue weighted by Gasteiger charge is 2.30. The zero-order valence-corrected chi connectivity index (χ0v) is 31.5. The first-order valence-electron chi connectivity index (χ1n) is 17.1. The summed E-state index contributed by atoms with van der Waals surface area (Å²) in [5.41, 5.74) is 13.7. The fourth-order valence-corrected chi connectivity index (χ4v) is 6.53. The fraction of sp³-hybridized carbons (Fsp3) is 0.450. The van der Waals surface area contributed by atoms with Crippen LogP contribution in [0.3, 0.4) is 0 Å². The molecule has 2 aromatic carbocycles. The molecule has 1 saturated heterocycles. The molecule has 0 amide bonds. The highest BCUT2D eigenvalue weighted by Crippen LogP contribution is 2.35. The van der Waals surface area contributed by atoms with Crippen LogP contribution in [-0.4, -0.2) is 41.5 Å². The number of aliphatic imine (C=N–C) groups is 1. The zero-order valence-electron chi connectivity index (χ0n) is 30.7. The predicted octanol–water partition coefficient (Wildman–Crippen LogP) is 11.0. The molecule has 0 bridgehead atoms. The first kappa shape index (κ1) is 42.6. The van der Waals surface area contributed by atoms with E-state index in [0.717, 1.165) is 89.4 Å². The van der Waals surface area contributed by atoms with Crippen LogP contribution in [0.2, 0.25) is 0 Å². The van der Waals surface area contributed by atoms with Crippen LogP contribution in [0.4, 0.5) is 13.2 Å². The molecule has 1 fully saturated rings. The minimum Gasteiger partial charge on any atom is -0.400 e. The molecule has 0 saturated carbocycles. The molecule has 274 valence electrons. The van der Waals surface area contributed by atoms with Gasteiger partial charge in [-0.05, 0) is 89.1 Å². The van der Waals surface area contributed by atoms with Crippen LogP contribution < -0.4 is 5.73 Å². The van der Waals surface area contributed by atoms with Crippen molar-refractivity contribution in [3.05, 3.63) is 106 Å². The average Bonchev–Trinajstić information content (AvgIpc) is 3.71. The number of hydrogen-bond acceptors (Lipinski definition) is 7. The van der Waals surface area contributed by atoms with Gasteiger partial charge in [0.05, 0.1) is 23.5 Å². The number of aryl methyl sites for hydroxylation is 1. The second-order valence-corrected chi connectivity index (χ2v) is 13.0. The van der Waals surface area contributed by atoms with Gasteiger partial charge in [0.1, 0.15) is 0 Å². The van der Waals surface area contributed by atoms with Gasteiger partial charge in [0, 0.05) is 52.9 Å². The maximum absolute atomic E-state index is 12.9. The van der Waals surface area contributed by atoms with E-state index in [-0.39, 0.29) is 0 Å². The fourth-order valence-electron chi connectivity index (χ4n) is 5.36. The molecule has 10 heteroatoms. The number of nitrogens with two attached hydrogens (primary N) is 1. The summed E-state index contributed by atoms with van der Waals surface area (Å²) >= 11 is 1.91. The molecule has 4 rings (SSSR count). The largest absolute Gasteiger partial charge is 0.416 e. The van der Waals surface area contributed by atoms with E-state index in [0.29, 0.717) is 23.5 Å². The lowest BCUT2D eigenvalue weighted by molar-refractivity contribution is -0.137. The number of thioether (sulfide) groups is 1. The van der Waals surface area contributed by atoms with Gasteiger partial charge in [0.25, 0.3) is 0 Å². The Hall–Kier alpha value is -3.60. The monoisotopic (exact) mass is 713 g/mol. The summed E-state index contributed by atoms with van der Waals surface area (Å²) in [7, 11) is 1.00. The quantitative estimate of drug-likeness (QED) is 0.143. The van der Waals surface area contributed by atoms with Crippen LogP contribution >= 0.6 is 11.8 Å². The van der Waals surface area contributed by atoms with Gasteiger partial charge in [-0.2, -0.15) is 24.9 Å². The van der Waals surface area contributed by atoms with Crippen molar-refractivity contribution >= 4 is 23.5 Å². The van der Waals surface area contributed by atoms with Gasteiger partial charge in [-0.3, -0.25) is 4.99 Å². The number of unbranched alkanes of at least 4 members (excludes halogenated alkanes) is 1. The highest BCUT2D eigenvalue weighted by molar-refractivity contribution is 7.98. The number of rotatable bonds is 12. The second-order valence-electron chi connectivity index (χ2n) is 12.0. The number of ether oxygens (including phenoxy) is 1. The Bertz CT molecular complexity index is 1580. The van der Waals surface area contributed by atoms with E-state index >= 15 is 0 Å². The smallest absolute Gasteiger partial charge is 0.400 e. The number of benzene rings is 2. The number of halogens is 3. The molecule has 0 spiro atoms. The molecule has 50 heavy (non-hydrogen) atoms. The Morgan fingerprint density at radius 2 is 1.72 bits per heavy atom. The molecule has 3 aromatic rings. The van der Waals surface area contributed by atoms with Crippen molar-refractivity contribution in [1.82, 2.24) is 5.16 Å². The van der Waals surface area contributed by atoms with Gasteiger partial charge >= 0.3 is 6.18 Å². The van der Waals surface area contributed by atoms with Crippen LogP contribution in [0.15, 0.2) is 92.7 Å². The molecule has 2 unspecified atom stereocenters. The van der Waals surface area contributed by atoms with Crippen molar-refractivity contribution < 1.29 is 27.5 Å². The van der Waals surface area contributed by atoms with Crippen molar-refractivity contribution in [2.24, 2.45) is 10.7 Å². The molecule has 2 heterocycles. The van der Waals surface area contributed by atoms with Crippen LogP contribution in [0.25, 0.3) is 16.9 Å². The topological polar surface area (TPSA) is 93.9 Å². The Labute approximate surface area is 300 Å². The molecule has 0 radical (unpaired) electrons.